The summed E-state index contributed by atoms with van der Waals surface area (Å²) < 4.78 is 27.3. The van der Waals surface area contributed by atoms with Crippen LogP contribution in [0.4, 0.5) is 0 Å². The van der Waals surface area contributed by atoms with Crippen LogP contribution in [-0.4, -0.2) is 56.8 Å². The van der Waals surface area contributed by atoms with Crippen LogP contribution in [0.3, 0.4) is 0 Å². The number of piperidine rings is 1. The van der Waals surface area contributed by atoms with Crippen LogP contribution in [0.25, 0.3) is 0 Å². The van der Waals surface area contributed by atoms with E-state index in [9.17, 15) is 13.2 Å². The number of carbonyl (C=O) groups is 1. The number of nitrogens with one attached hydrogen (secondary N) is 3. The molecule has 10 heteroatoms. The fourth-order valence-corrected chi connectivity index (χ4v) is 4.69. The maximum atomic E-state index is 12.9. The van der Waals surface area contributed by atoms with Gasteiger partial charge in [0.1, 0.15) is 0 Å². The van der Waals surface area contributed by atoms with Crippen molar-refractivity contribution < 1.29 is 13.2 Å². The van der Waals surface area contributed by atoms with Crippen molar-refractivity contribution in [3.63, 3.8) is 0 Å². The van der Waals surface area contributed by atoms with E-state index in [-0.39, 0.29) is 42.0 Å². The molecule has 170 valence electrons. The van der Waals surface area contributed by atoms with Crippen LogP contribution in [0.1, 0.15) is 45.6 Å². The summed E-state index contributed by atoms with van der Waals surface area (Å²) in [5.41, 5.74) is 0.529. The number of amides is 1. The Balaban J connectivity index is 0.00000450. The number of nitrogens with zero attached hydrogens (tertiary/aromatic N) is 2. The number of guanidine groups is 1. The minimum absolute atomic E-state index is 0. The van der Waals surface area contributed by atoms with Crippen molar-refractivity contribution in [1.82, 2.24) is 20.3 Å². The number of rotatable bonds is 6. The van der Waals surface area contributed by atoms with Crippen LogP contribution in [0.15, 0.2) is 34.2 Å². The van der Waals surface area contributed by atoms with Gasteiger partial charge >= 0.3 is 0 Å². The van der Waals surface area contributed by atoms with Crippen molar-refractivity contribution in [1.29, 1.82) is 0 Å². The van der Waals surface area contributed by atoms with Gasteiger partial charge in [-0.05, 0) is 51.3 Å². The van der Waals surface area contributed by atoms with Crippen LogP contribution < -0.4 is 16.0 Å². The average Bonchev–Trinajstić information content (AvgIpc) is 2.67. The highest BCUT2D eigenvalue weighted by molar-refractivity contribution is 14.0. The van der Waals surface area contributed by atoms with Crippen LogP contribution in [-0.2, 0) is 21.4 Å². The number of hydrogen-bond donors (Lipinski definition) is 3. The summed E-state index contributed by atoms with van der Waals surface area (Å²) in [7, 11) is -1.84. The molecule has 2 rings (SSSR count). The van der Waals surface area contributed by atoms with Crippen LogP contribution in [0, 0.1) is 0 Å². The molecule has 0 aromatic heterocycles. The summed E-state index contributed by atoms with van der Waals surface area (Å²) in [6, 6.07) is 6.94. The quantitative estimate of drug-likeness (QED) is 0.286. The van der Waals surface area contributed by atoms with E-state index in [1.807, 2.05) is 26.8 Å². The third kappa shape index (κ3) is 8.38. The Kier molecular flexibility index (Phi) is 10.5. The lowest BCUT2D eigenvalue weighted by Crippen LogP contribution is -2.48. The van der Waals surface area contributed by atoms with E-state index in [4.69, 9.17) is 0 Å². The highest BCUT2D eigenvalue weighted by Crippen LogP contribution is 2.21. The molecule has 0 saturated carbocycles. The van der Waals surface area contributed by atoms with Gasteiger partial charge in [-0.2, -0.15) is 4.31 Å². The highest BCUT2D eigenvalue weighted by Gasteiger charge is 2.25. The van der Waals surface area contributed by atoms with Gasteiger partial charge in [0.25, 0.3) is 0 Å². The van der Waals surface area contributed by atoms with Gasteiger partial charge in [-0.3, -0.25) is 9.79 Å². The molecule has 8 nitrogen and oxygen atoms in total. The predicted octanol–water partition coefficient (Wildman–Crippen LogP) is 2.06. The van der Waals surface area contributed by atoms with Gasteiger partial charge in [0, 0.05) is 32.2 Å². The van der Waals surface area contributed by atoms with Crippen molar-refractivity contribution in [3.8, 4) is 0 Å². The third-order valence-electron chi connectivity index (χ3n) is 4.47. The molecule has 30 heavy (non-hydrogen) atoms. The standard InChI is InChI=1S/C20H33N5O3S.HI/c1-20(2,3)24-18(26)15-23-19(21-4)22-14-16-9-8-10-17(13-16)29(27,28)25-11-6-5-7-12-25;/h8-10,13H,5-7,11-12,14-15H2,1-4H3,(H,24,26)(H2,21,22,23);1H. The van der Waals surface area contributed by atoms with Crippen LogP contribution in [0.5, 0.6) is 0 Å². The van der Waals surface area contributed by atoms with E-state index in [0.717, 1.165) is 24.8 Å². The van der Waals surface area contributed by atoms with Gasteiger partial charge < -0.3 is 16.0 Å². The molecule has 0 spiro atoms. The molecule has 1 aromatic rings. The fraction of sp³-hybridized carbons (Fsp3) is 0.600. The lowest BCUT2D eigenvalue weighted by Gasteiger charge is -2.26. The second-order valence-corrected chi connectivity index (χ2v) is 10.1. The first-order valence-electron chi connectivity index (χ1n) is 9.96. The lowest BCUT2D eigenvalue weighted by atomic mass is 10.1. The van der Waals surface area contributed by atoms with Gasteiger partial charge in [-0.25, -0.2) is 8.42 Å². The summed E-state index contributed by atoms with van der Waals surface area (Å²) in [6.07, 6.45) is 2.90. The zero-order valence-electron chi connectivity index (χ0n) is 18.2. The normalized spacial score (nSPS) is 15.8. The molecule has 1 saturated heterocycles. The third-order valence-corrected chi connectivity index (χ3v) is 6.36. The van der Waals surface area contributed by atoms with E-state index >= 15 is 0 Å². The number of hydrogen-bond acceptors (Lipinski definition) is 4. The molecule has 1 amide bonds. The fourth-order valence-electron chi connectivity index (χ4n) is 3.10. The number of carbonyl (C=O) groups excluding carboxylic acids is 1. The molecule has 0 radical (unpaired) electrons. The highest BCUT2D eigenvalue weighted by atomic mass is 127. The van der Waals surface area contributed by atoms with E-state index in [1.165, 1.54) is 0 Å². The van der Waals surface area contributed by atoms with E-state index in [0.29, 0.717) is 30.5 Å². The molecule has 0 atom stereocenters. The maximum Gasteiger partial charge on any atom is 0.243 e. The van der Waals surface area contributed by atoms with Crippen LogP contribution in [0.2, 0.25) is 0 Å². The Bertz CT molecular complexity index is 831. The van der Waals surface area contributed by atoms with Crippen molar-refractivity contribution in [3.05, 3.63) is 29.8 Å². The lowest BCUT2D eigenvalue weighted by molar-refractivity contribution is -0.121. The molecular formula is C20H34IN5O3S. The van der Waals surface area contributed by atoms with Crippen molar-refractivity contribution in [2.75, 3.05) is 26.7 Å². The summed E-state index contributed by atoms with van der Waals surface area (Å²) in [5.74, 6) is 0.341. The molecule has 0 bridgehead atoms. The van der Waals surface area contributed by atoms with Crippen molar-refractivity contribution in [2.24, 2.45) is 4.99 Å². The second kappa shape index (κ2) is 11.8. The van der Waals surface area contributed by atoms with Crippen molar-refractivity contribution >= 4 is 45.9 Å². The molecule has 1 aromatic carbocycles. The Morgan fingerprint density at radius 2 is 1.80 bits per heavy atom. The molecule has 1 heterocycles. The van der Waals surface area contributed by atoms with Gasteiger partial charge in [0.05, 0.1) is 11.4 Å². The number of benzene rings is 1. The van der Waals surface area contributed by atoms with Gasteiger partial charge in [0.2, 0.25) is 15.9 Å². The van der Waals surface area contributed by atoms with Gasteiger partial charge in [-0.1, -0.05) is 18.6 Å². The first-order valence-corrected chi connectivity index (χ1v) is 11.4. The molecular weight excluding hydrogens is 517 g/mol. The number of halogens is 1. The van der Waals surface area contributed by atoms with E-state index < -0.39 is 10.0 Å². The SMILES string of the molecule is CN=C(NCC(=O)NC(C)(C)C)NCc1cccc(S(=O)(=O)N2CCCCC2)c1.I. The van der Waals surface area contributed by atoms with Crippen molar-refractivity contribution in [2.45, 2.75) is 57.0 Å². The molecule has 1 fully saturated rings. The Morgan fingerprint density at radius 1 is 1.13 bits per heavy atom. The Hall–Kier alpha value is -1.40. The first-order chi connectivity index (χ1) is 13.6. The zero-order valence-corrected chi connectivity index (χ0v) is 21.3. The molecule has 3 N–H and O–H groups in total. The number of aliphatic imine (C=N–C) groups is 1. The summed E-state index contributed by atoms with van der Waals surface area (Å²) in [5, 5.41) is 8.94. The maximum absolute atomic E-state index is 12.9. The zero-order chi connectivity index (χ0) is 21.5. The molecule has 1 aliphatic rings. The smallest absolute Gasteiger partial charge is 0.243 e. The van der Waals surface area contributed by atoms with E-state index in [2.05, 4.69) is 20.9 Å². The monoisotopic (exact) mass is 551 g/mol. The van der Waals surface area contributed by atoms with Gasteiger partial charge in [-0.15, -0.1) is 24.0 Å². The molecule has 0 aliphatic carbocycles. The largest absolute Gasteiger partial charge is 0.352 e. The Morgan fingerprint density at radius 3 is 2.40 bits per heavy atom. The minimum atomic E-state index is -3.46. The Labute approximate surface area is 197 Å². The average molecular weight is 551 g/mol. The van der Waals surface area contributed by atoms with Gasteiger partial charge in [0.15, 0.2) is 5.96 Å². The summed E-state index contributed by atoms with van der Waals surface area (Å²) in [6.45, 7) is 7.41. The second-order valence-electron chi connectivity index (χ2n) is 8.19. The predicted molar refractivity (Wildman–Crippen MR) is 131 cm³/mol. The number of sulfonamides is 1. The topological polar surface area (TPSA) is 103 Å². The van der Waals surface area contributed by atoms with Crippen LogP contribution >= 0.6 is 24.0 Å². The minimum Gasteiger partial charge on any atom is -0.352 e. The first kappa shape index (κ1) is 26.6. The summed E-state index contributed by atoms with van der Waals surface area (Å²) in [4.78, 5) is 16.3. The van der Waals surface area contributed by atoms with E-state index in [1.54, 1.807) is 29.6 Å². The molecule has 1 aliphatic heterocycles. The molecule has 0 unspecified atom stereocenters. The summed E-state index contributed by atoms with van der Waals surface area (Å²) >= 11 is 0.